The van der Waals surface area contributed by atoms with Crippen LogP contribution in [-0.4, -0.2) is 44.0 Å². The van der Waals surface area contributed by atoms with Gasteiger partial charge in [-0.05, 0) is 63.2 Å². The first-order valence-electron chi connectivity index (χ1n) is 8.32. The van der Waals surface area contributed by atoms with E-state index in [0.29, 0.717) is 12.2 Å². The Kier molecular flexibility index (Phi) is 5.01. The van der Waals surface area contributed by atoms with Crippen molar-refractivity contribution in [2.45, 2.75) is 38.1 Å². The highest BCUT2D eigenvalue weighted by atomic mass is 32.2. The van der Waals surface area contributed by atoms with E-state index in [1.807, 2.05) is 0 Å². The van der Waals surface area contributed by atoms with E-state index in [-0.39, 0.29) is 23.3 Å². The van der Waals surface area contributed by atoms with E-state index in [1.54, 1.807) is 0 Å². The van der Waals surface area contributed by atoms with Crippen LogP contribution in [0.25, 0.3) is 0 Å². The second-order valence-corrected chi connectivity index (χ2v) is 9.02. The van der Waals surface area contributed by atoms with Crippen LogP contribution < -0.4 is 0 Å². The first-order valence-corrected chi connectivity index (χ1v) is 10.1. The molecule has 0 spiro atoms. The highest BCUT2D eigenvalue weighted by Gasteiger charge is 2.31. The maximum absolute atomic E-state index is 13.7. The Bertz CT molecular complexity index is 634. The number of nitrogens with zero attached hydrogens (tertiary/aromatic N) is 1. The summed E-state index contributed by atoms with van der Waals surface area (Å²) in [6.45, 7) is 1.64. The largest absolute Gasteiger partial charge is 0.299 e. The molecule has 128 valence electrons. The zero-order valence-corrected chi connectivity index (χ0v) is 14.0. The van der Waals surface area contributed by atoms with Crippen molar-refractivity contribution in [1.82, 2.24) is 4.90 Å². The van der Waals surface area contributed by atoms with Crippen molar-refractivity contribution in [3.8, 4) is 0 Å². The van der Waals surface area contributed by atoms with Crippen LogP contribution >= 0.6 is 0 Å². The lowest BCUT2D eigenvalue weighted by Crippen LogP contribution is -2.47. The third kappa shape index (κ3) is 4.10. The number of benzene rings is 1. The molecular weight excluding hydrogens is 320 g/mol. The minimum Gasteiger partial charge on any atom is -0.299 e. The molecule has 2 aliphatic rings. The summed E-state index contributed by atoms with van der Waals surface area (Å²) in [5.41, 5.74) is 0.186. The van der Waals surface area contributed by atoms with Crippen LogP contribution in [0.1, 0.15) is 31.2 Å². The maximum atomic E-state index is 13.7. The number of halogens is 2. The van der Waals surface area contributed by atoms with Crippen molar-refractivity contribution < 1.29 is 17.2 Å². The van der Waals surface area contributed by atoms with Crippen molar-refractivity contribution in [2.24, 2.45) is 5.92 Å². The molecule has 0 saturated carbocycles. The van der Waals surface area contributed by atoms with Gasteiger partial charge in [-0.2, -0.15) is 0 Å². The molecule has 1 aromatic rings. The van der Waals surface area contributed by atoms with Crippen molar-refractivity contribution in [1.29, 1.82) is 0 Å². The smallest absolute Gasteiger partial charge is 0.151 e. The fourth-order valence-electron chi connectivity index (χ4n) is 3.82. The Balaban J connectivity index is 1.56. The zero-order chi connectivity index (χ0) is 16.4. The van der Waals surface area contributed by atoms with Crippen molar-refractivity contribution in [2.75, 3.05) is 24.6 Å². The molecular formula is C17H23F2NO2S. The SMILES string of the molecule is O=S1(=O)CCCC(N2CCC(Cc3c(F)cccc3F)CC2)C1. The second-order valence-electron chi connectivity index (χ2n) is 6.79. The molecule has 1 atom stereocenters. The molecule has 2 fully saturated rings. The predicted molar refractivity (Wildman–Crippen MR) is 86.0 cm³/mol. The number of sulfone groups is 1. The Morgan fingerprint density at radius 3 is 2.35 bits per heavy atom. The normalized spacial score (nSPS) is 26.3. The zero-order valence-electron chi connectivity index (χ0n) is 13.2. The molecule has 6 heteroatoms. The predicted octanol–water partition coefficient (Wildman–Crippen LogP) is 2.80. The maximum Gasteiger partial charge on any atom is 0.151 e. The van der Waals surface area contributed by atoms with Gasteiger partial charge < -0.3 is 0 Å². The van der Waals surface area contributed by atoms with Crippen LogP contribution in [0.4, 0.5) is 8.78 Å². The summed E-state index contributed by atoms with van der Waals surface area (Å²) in [7, 11) is -2.90. The molecule has 2 saturated heterocycles. The van der Waals surface area contributed by atoms with Crippen molar-refractivity contribution >= 4 is 9.84 Å². The number of rotatable bonds is 3. The van der Waals surface area contributed by atoms with Gasteiger partial charge in [0.05, 0.1) is 11.5 Å². The highest BCUT2D eigenvalue weighted by Crippen LogP contribution is 2.27. The molecule has 0 radical (unpaired) electrons. The van der Waals surface area contributed by atoms with Gasteiger partial charge in [-0.25, -0.2) is 17.2 Å². The molecule has 2 heterocycles. The molecule has 23 heavy (non-hydrogen) atoms. The quantitative estimate of drug-likeness (QED) is 0.847. The lowest BCUT2D eigenvalue weighted by Gasteiger charge is -2.39. The van der Waals surface area contributed by atoms with Crippen molar-refractivity contribution in [3.05, 3.63) is 35.4 Å². The molecule has 3 rings (SSSR count). The lowest BCUT2D eigenvalue weighted by atomic mass is 9.89. The topological polar surface area (TPSA) is 37.4 Å². The number of likely N-dealkylation sites (tertiary alicyclic amines) is 1. The van der Waals surface area contributed by atoms with Crippen LogP contribution in [0, 0.1) is 17.6 Å². The Morgan fingerprint density at radius 2 is 1.74 bits per heavy atom. The van der Waals surface area contributed by atoms with E-state index in [2.05, 4.69) is 4.90 Å². The van der Waals surface area contributed by atoms with E-state index >= 15 is 0 Å². The Morgan fingerprint density at radius 1 is 1.09 bits per heavy atom. The van der Waals surface area contributed by atoms with Crippen LogP contribution in [0.3, 0.4) is 0 Å². The second kappa shape index (κ2) is 6.85. The molecule has 1 unspecified atom stereocenters. The first-order chi connectivity index (χ1) is 10.9. The van der Waals surface area contributed by atoms with E-state index in [4.69, 9.17) is 0 Å². The lowest BCUT2D eigenvalue weighted by molar-refractivity contribution is 0.133. The molecule has 1 aromatic carbocycles. The number of hydrogen-bond acceptors (Lipinski definition) is 3. The monoisotopic (exact) mass is 343 g/mol. The molecule has 0 amide bonds. The molecule has 0 aliphatic carbocycles. The number of piperidine rings is 1. The average Bonchev–Trinajstić information content (AvgIpc) is 2.51. The fraction of sp³-hybridized carbons (Fsp3) is 0.647. The van der Waals surface area contributed by atoms with Gasteiger partial charge >= 0.3 is 0 Å². The van der Waals surface area contributed by atoms with Gasteiger partial charge in [-0.15, -0.1) is 0 Å². The van der Waals surface area contributed by atoms with Crippen LogP contribution in [0.5, 0.6) is 0 Å². The van der Waals surface area contributed by atoms with Gasteiger partial charge in [-0.1, -0.05) is 6.07 Å². The van der Waals surface area contributed by atoms with Gasteiger partial charge in [-0.3, -0.25) is 4.90 Å². The van der Waals surface area contributed by atoms with Gasteiger partial charge in [0.15, 0.2) is 9.84 Å². The van der Waals surface area contributed by atoms with Crippen LogP contribution in [0.2, 0.25) is 0 Å². The van der Waals surface area contributed by atoms with Gasteiger partial charge in [0.25, 0.3) is 0 Å². The summed E-state index contributed by atoms with van der Waals surface area (Å²) < 4.78 is 51.0. The Hall–Kier alpha value is -1.01. The Labute approximate surface area is 136 Å². The molecule has 0 aromatic heterocycles. The average molecular weight is 343 g/mol. The standard InChI is InChI=1S/C17H23F2NO2S/c18-16-4-1-5-17(19)15(16)11-13-6-8-20(9-7-13)14-3-2-10-23(21,22)12-14/h1,4-5,13-14H,2-3,6-12H2. The summed E-state index contributed by atoms with van der Waals surface area (Å²) in [5, 5.41) is 0. The van der Waals surface area contributed by atoms with Gasteiger partial charge in [0, 0.05) is 11.6 Å². The minimum absolute atomic E-state index is 0.125. The van der Waals surface area contributed by atoms with E-state index < -0.39 is 21.5 Å². The fourth-order valence-corrected chi connectivity index (χ4v) is 5.56. The van der Waals surface area contributed by atoms with E-state index in [1.165, 1.54) is 18.2 Å². The summed E-state index contributed by atoms with van der Waals surface area (Å²) in [6.07, 6.45) is 3.84. The summed E-state index contributed by atoms with van der Waals surface area (Å²) in [6, 6.07) is 4.13. The third-order valence-corrected chi connectivity index (χ3v) is 6.96. The first kappa shape index (κ1) is 16.8. The molecule has 2 aliphatic heterocycles. The highest BCUT2D eigenvalue weighted by molar-refractivity contribution is 7.91. The number of hydrogen-bond donors (Lipinski definition) is 0. The summed E-state index contributed by atoms with van der Waals surface area (Å²) >= 11 is 0. The van der Waals surface area contributed by atoms with Gasteiger partial charge in [0.1, 0.15) is 11.6 Å². The van der Waals surface area contributed by atoms with Crippen LogP contribution in [0.15, 0.2) is 18.2 Å². The van der Waals surface area contributed by atoms with Crippen LogP contribution in [-0.2, 0) is 16.3 Å². The molecule has 0 bridgehead atoms. The van der Waals surface area contributed by atoms with Crippen molar-refractivity contribution in [3.63, 3.8) is 0 Å². The third-order valence-electron chi connectivity index (χ3n) is 5.16. The molecule has 3 nitrogen and oxygen atoms in total. The van der Waals surface area contributed by atoms with E-state index in [9.17, 15) is 17.2 Å². The van der Waals surface area contributed by atoms with E-state index in [0.717, 1.165) is 38.8 Å². The molecule has 0 N–H and O–H groups in total. The minimum atomic E-state index is -2.90. The van der Waals surface area contributed by atoms with Gasteiger partial charge in [0.2, 0.25) is 0 Å². The summed E-state index contributed by atoms with van der Waals surface area (Å²) in [5.74, 6) is -0.0963. The summed E-state index contributed by atoms with van der Waals surface area (Å²) in [4.78, 5) is 2.25.